The third-order valence-corrected chi connectivity index (χ3v) is 3.35. The zero-order valence-corrected chi connectivity index (χ0v) is 11.5. The molecule has 0 aromatic carbocycles. The van der Waals surface area contributed by atoms with Crippen LogP contribution < -0.4 is 16.6 Å². The lowest BCUT2D eigenvalue weighted by Crippen LogP contribution is -2.46. The van der Waals surface area contributed by atoms with Crippen LogP contribution in [0.1, 0.15) is 52.9 Å². The van der Waals surface area contributed by atoms with Crippen LogP contribution in [0.3, 0.4) is 0 Å². The van der Waals surface area contributed by atoms with E-state index in [0.717, 1.165) is 18.4 Å². The minimum Gasteiger partial charge on any atom is -0.353 e. The van der Waals surface area contributed by atoms with Crippen molar-refractivity contribution in [3.05, 3.63) is 0 Å². The highest BCUT2D eigenvalue weighted by atomic mass is 15.3. The molecule has 1 saturated carbocycles. The lowest BCUT2D eigenvalue weighted by atomic mass is 10.0. The van der Waals surface area contributed by atoms with Gasteiger partial charge in [0.15, 0.2) is 0 Å². The van der Waals surface area contributed by atoms with Gasteiger partial charge in [0.1, 0.15) is 0 Å². The van der Waals surface area contributed by atoms with Gasteiger partial charge in [-0.2, -0.15) is 0 Å². The van der Waals surface area contributed by atoms with Crippen LogP contribution in [0.15, 0.2) is 4.99 Å². The molecule has 0 amide bonds. The Labute approximate surface area is 105 Å². The summed E-state index contributed by atoms with van der Waals surface area (Å²) in [6, 6.07) is 0.530. The van der Waals surface area contributed by atoms with E-state index in [1.807, 2.05) is 0 Å². The Balaban J connectivity index is 2.41. The Bertz CT molecular complexity index is 238. The second kappa shape index (κ2) is 7.54. The third-order valence-electron chi connectivity index (χ3n) is 3.35. The highest BCUT2D eigenvalue weighted by Gasteiger charge is 2.16. The molecule has 0 bridgehead atoms. The zero-order valence-electron chi connectivity index (χ0n) is 11.5. The van der Waals surface area contributed by atoms with Gasteiger partial charge in [0.2, 0.25) is 5.96 Å². The van der Waals surface area contributed by atoms with Crippen LogP contribution in [-0.2, 0) is 0 Å². The average molecular weight is 240 g/mol. The summed E-state index contributed by atoms with van der Waals surface area (Å²) in [6.45, 7) is 7.48. The van der Waals surface area contributed by atoms with Crippen molar-refractivity contribution in [3.63, 3.8) is 0 Å². The number of nitrogens with two attached hydrogens (primary N) is 1. The van der Waals surface area contributed by atoms with Gasteiger partial charge >= 0.3 is 0 Å². The molecule has 4 heteroatoms. The predicted molar refractivity (Wildman–Crippen MR) is 73.6 cm³/mol. The molecule has 100 valence electrons. The van der Waals surface area contributed by atoms with Crippen molar-refractivity contribution in [3.8, 4) is 0 Å². The van der Waals surface area contributed by atoms with Gasteiger partial charge in [-0.15, -0.1) is 0 Å². The smallest absolute Gasteiger partial charge is 0.205 e. The molecule has 1 rings (SSSR count). The summed E-state index contributed by atoms with van der Waals surface area (Å²) in [6.07, 6.45) is 6.42. The predicted octanol–water partition coefficient (Wildman–Crippen LogP) is 2.02. The lowest BCUT2D eigenvalue weighted by Gasteiger charge is -2.19. The maximum Gasteiger partial charge on any atom is 0.205 e. The van der Waals surface area contributed by atoms with Gasteiger partial charge in [-0.1, -0.05) is 33.6 Å². The van der Waals surface area contributed by atoms with Crippen LogP contribution in [0, 0.1) is 11.8 Å². The normalized spacial score (nSPS) is 26.8. The molecule has 0 saturated heterocycles. The molecule has 0 heterocycles. The quantitative estimate of drug-likeness (QED) is 0.232. The van der Waals surface area contributed by atoms with E-state index in [-0.39, 0.29) is 0 Å². The van der Waals surface area contributed by atoms with E-state index < -0.39 is 0 Å². The van der Waals surface area contributed by atoms with E-state index in [1.165, 1.54) is 32.1 Å². The highest BCUT2D eigenvalue weighted by Crippen LogP contribution is 2.22. The van der Waals surface area contributed by atoms with Crippen LogP contribution in [0.2, 0.25) is 0 Å². The van der Waals surface area contributed by atoms with Crippen LogP contribution >= 0.6 is 0 Å². The van der Waals surface area contributed by atoms with Gasteiger partial charge in [0.05, 0.1) is 0 Å². The number of nitrogens with one attached hydrogen (secondary N) is 2. The van der Waals surface area contributed by atoms with Gasteiger partial charge in [-0.3, -0.25) is 10.4 Å². The van der Waals surface area contributed by atoms with Gasteiger partial charge < -0.3 is 5.32 Å². The summed E-state index contributed by atoms with van der Waals surface area (Å²) in [5, 5.41) is 3.44. The van der Waals surface area contributed by atoms with Crippen molar-refractivity contribution >= 4 is 5.96 Å². The van der Waals surface area contributed by atoms with E-state index in [0.29, 0.717) is 12.0 Å². The number of hydrogen-bond acceptors (Lipinski definition) is 2. The van der Waals surface area contributed by atoms with Crippen LogP contribution in [-0.4, -0.2) is 18.5 Å². The SMILES string of the molecule is CC(C)CN=C(NN)NC1CCCC(C)CC1. The van der Waals surface area contributed by atoms with Gasteiger partial charge in [-0.25, -0.2) is 5.84 Å². The Hall–Kier alpha value is -0.770. The molecule has 0 aromatic rings. The number of guanidine groups is 1. The van der Waals surface area contributed by atoms with Gasteiger partial charge in [-0.05, 0) is 31.1 Å². The molecule has 0 spiro atoms. The number of hydrogen-bond donors (Lipinski definition) is 3. The molecule has 2 unspecified atom stereocenters. The van der Waals surface area contributed by atoms with Crippen LogP contribution in [0.4, 0.5) is 0 Å². The molecule has 2 atom stereocenters. The second-order valence-corrected chi connectivity index (χ2v) is 5.68. The maximum atomic E-state index is 5.50. The average Bonchev–Trinajstić information content (AvgIpc) is 2.49. The summed E-state index contributed by atoms with van der Waals surface area (Å²) < 4.78 is 0. The van der Waals surface area contributed by atoms with Crippen molar-refractivity contribution < 1.29 is 0 Å². The molecule has 4 nitrogen and oxygen atoms in total. The third kappa shape index (κ3) is 5.91. The Morgan fingerprint density at radius 2 is 2.06 bits per heavy atom. The van der Waals surface area contributed by atoms with Crippen molar-refractivity contribution in [1.29, 1.82) is 0 Å². The molecule has 17 heavy (non-hydrogen) atoms. The lowest BCUT2D eigenvalue weighted by molar-refractivity contribution is 0.487. The van der Waals surface area contributed by atoms with E-state index in [1.54, 1.807) is 0 Å². The Morgan fingerprint density at radius 3 is 2.71 bits per heavy atom. The first-order valence-electron chi connectivity index (χ1n) is 6.89. The molecule has 1 aliphatic carbocycles. The first kappa shape index (κ1) is 14.3. The number of aliphatic imine (C=N–C) groups is 1. The van der Waals surface area contributed by atoms with E-state index in [2.05, 4.69) is 36.5 Å². The van der Waals surface area contributed by atoms with Crippen LogP contribution in [0.25, 0.3) is 0 Å². The summed E-state index contributed by atoms with van der Waals surface area (Å²) in [5.74, 6) is 7.68. The standard InChI is InChI=1S/C13H28N4/c1-10(2)9-15-13(17-14)16-12-6-4-5-11(3)7-8-12/h10-12H,4-9,14H2,1-3H3,(H2,15,16,17). The topological polar surface area (TPSA) is 62.4 Å². The maximum absolute atomic E-state index is 5.50. The summed E-state index contributed by atoms with van der Waals surface area (Å²) in [4.78, 5) is 4.45. The summed E-state index contributed by atoms with van der Waals surface area (Å²) in [5.41, 5.74) is 2.68. The fraction of sp³-hybridized carbons (Fsp3) is 0.923. The minimum atomic E-state index is 0.530. The zero-order chi connectivity index (χ0) is 12.7. The first-order chi connectivity index (χ1) is 8.11. The molecular formula is C13H28N4. The van der Waals surface area contributed by atoms with Crippen molar-refractivity contribution in [2.24, 2.45) is 22.7 Å². The number of nitrogens with zero attached hydrogens (tertiary/aromatic N) is 1. The molecule has 0 radical (unpaired) electrons. The highest BCUT2D eigenvalue weighted by molar-refractivity contribution is 5.79. The molecule has 4 N–H and O–H groups in total. The fourth-order valence-electron chi connectivity index (χ4n) is 2.23. The van der Waals surface area contributed by atoms with E-state index in [4.69, 9.17) is 5.84 Å². The van der Waals surface area contributed by atoms with Gasteiger partial charge in [0, 0.05) is 12.6 Å². The molecular weight excluding hydrogens is 212 g/mol. The summed E-state index contributed by atoms with van der Waals surface area (Å²) >= 11 is 0. The summed E-state index contributed by atoms with van der Waals surface area (Å²) in [7, 11) is 0. The minimum absolute atomic E-state index is 0.530. The van der Waals surface area contributed by atoms with Crippen molar-refractivity contribution in [1.82, 2.24) is 10.7 Å². The van der Waals surface area contributed by atoms with Crippen molar-refractivity contribution in [2.75, 3.05) is 6.54 Å². The largest absolute Gasteiger partial charge is 0.353 e. The monoisotopic (exact) mass is 240 g/mol. The molecule has 0 aromatic heterocycles. The molecule has 1 fully saturated rings. The molecule has 0 aliphatic heterocycles. The van der Waals surface area contributed by atoms with Gasteiger partial charge in [0.25, 0.3) is 0 Å². The number of rotatable bonds is 3. The fourth-order valence-corrected chi connectivity index (χ4v) is 2.23. The Morgan fingerprint density at radius 1 is 1.29 bits per heavy atom. The van der Waals surface area contributed by atoms with Crippen molar-refractivity contribution in [2.45, 2.75) is 58.9 Å². The second-order valence-electron chi connectivity index (χ2n) is 5.68. The number of hydrazine groups is 1. The van der Waals surface area contributed by atoms with E-state index in [9.17, 15) is 0 Å². The Kier molecular flexibility index (Phi) is 6.34. The van der Waals surface area contributed by atoms with E-state index >= 15 is 0 Å². The van der Waals surface area contributed by atoms with Crippen LogP contribution in [0.5, 0.6) is 0 Å². The molecule has 1 aliphatic rings. The first-order valence-corrected chi connectivity index (χ1v) is 6.89.